The lowest BCUT2D eigenvalue weighted by atomic mass is 10.2. The molecule has 1 aromatic carbocycles. The summed E-state index contributed by atoms with van der Waals surface area (Å²) in [5.74, 6) is -0.737. The van der Waals surface area contributed by atoms with Gasteiger partial charge < -0.3 is 15.1 Å². The average molecular weight is 295 g/mol. The number of phenols is 1. The molecule has 1 saturated carbocycles. The van der Waals surface area contributed by atoms with Crippen LogP contribution in [0.1, 0.15) is 19.8 Å². The van der Waals surface area contributed by atoms with Gasteiger partial charge in [0.05, 0.1) is 5.75 Å². The van der Waals surface area contributed by atoms with Crippen molar-refractivity contribution in [2.75, 3.05) is 5.75 Å². The smallest absolute Gasteiger partial charge is 0.326 e. The van der Waals surface area contributed by atoms with Gasteiger partial charge in [-0.1, -0.05) is 0 Å². The minimum Gasteiger partial charge on any atom is -0.508 e. The molecule has 2 rings (SSSR count). The maximum atomic E-state index is 12.2. The predicted molar refractivity (Wildman–Crippen MR) is 75.8 cm³/mol. The first kappa shape index (κ1) is 14.7. The molecule has 0 bridgehead atoms. The highest BCUT2D eigenvalue weighted by Gasteiger charge is 2.38. The topological polar surface area (TPSA) is 77.8 Å². The highest BCUT2D eigenvalue weighted by molar-refractivity contribution is 8.00. The van der Waals surface area contributed by atoms with Crippen LogP contribution in [0.4, 0.5) is 0 Å². The summed E-state index contributed by atoms with van der Waals surface area (Å²) in [6.45, 7) is 1.55. The van der Waals surface area contributed by atoms with Crippen molar-refractivity contribution in [1.82, 2.24) is 4.90 Å². The molecule has 0 aliphatic heterocycles. The van der Waals surface area contributed by atoms with Crippen LogP contribution < -0.4 is 0 Å². The first-order valence-electron chi connectivity index (χ1n) is 6.45. The first-order valence-corrected chi connectivity index (χ1v) is 7.43. The number of carboxylic acid groups (broad SMARTS) is 1. The van der Waals surface area contributed by atoms with E-state index < -0.39 is 12.0 Å². The molecule has 6 heteroatoms. The van der Waals surface area contributed by atoms with Gasteiger partial charge in [0.15, 0.2) is 0 Å². The third-order valence-electron chi connectivity index (χ3n) is 3.20. The monoisotopic (exact) mass is 295 g/mol. The maximum Gasteiger partial charge on any atom is 0.326 e. The third-order valence-corrected chi connectivity index (χ3v) is 4.20. The van der Waals surface area contributed by atoms with Crippen molar-refractivity contribution in [3.8, 4) is 5.75 Å². The fourth-order valence-electron chi connectivity index (χ4n) is 1.97. The zero-order chi connectivity index (χ0) is 14.7. The van der Waals surface area contributed by atoms with Crippen molar-refractivity contribution in [3.05, 3.63) is 24.3 Å². The molecule has 0 spiro atoms. The number of hydrogen-bond acceptors (Lipinski definition) is 4. The molecule has 1 fully saturated rings. The van der Waals surface area contributed by atoms with Crippen molar-refractivity contribution in [2.24, 2.45) is 0 Å². The van der Waals surface area contributed by atoms with E-state index in [0.717, 1.165) is 17.7 Å². The summed E-state index contributed by atoms with van der Waals surface area (Å²) in [4.78, 5) is 25.6. The van der Waals surface area contributed by atoms with Crippen LogP contribution >= 0.6 is 11.8 Å². The van der Waals surface area contributed by atoms with Gasteiger partial charge in [0.25, 0.3) is 0 Å². The molecule has 0 aromatic heterocycles. The zero-order valence-corrected chi connectivity index (χ0v) is 12.0. The SMILES string of the molecule is CC(C(=O)O)N(C(=O)CSc1ccc(O)cc1)C1CC1. The molecule has 1 atom stereocenters. The molecule has 0 saturated heterocycles. The van der Waals surface area contributed by atoms with E-state index in [1.165, 1.54) is 16.7 Å². The van der Waals surface area contributed by atoms with Gasteiger partial charge >= 0.3 is 5.97 Å². The van der Waals surface area contributed by atoms with E-state index in [-0.39, 0.29) is 23.5 Å². The minimum atomic E-state index is -0.972. The van der Waals surface area contributed by atoms with Gasteiger partial charge in [-0.15, -0.1) is 11.8 Å². The Labute approximate surface area is 121 Å². The Balaban J connectivity index is 1.95. The van der Waals surface area contributed by atoms with E-state index in [1.54, 1.807) is 31.2 Å². The molecule has 1 aliphatic carbocycles. The maximum absolute atomic E-state index is 12.2. The first-order chi connectivity index (χ1) is 9.49. The number of aromatic hydroxyl groups is 1. The Morgan fingerprint density at radius 1 is 1.35 bits per heavy atom. The largest absolute Gasteiger partial charge is 0.508 e. The molecule has 1 unspecified atom stereocenters. The fourth-order valence-corrected chi connectivity index (χ4v) is 2.74. The van der Waals surface area contributed by atoms with Crippen LogP contribution in [-0.2, 0) is 9.59 Å². The van der Waals surface area contributed by atoms with Gasteiger partial charge in [0, 0.05) is 10.9 Å². The van der Waals surface area contributed by atoms with Crippen LogP contribution in [0, 0.1) is 0 Å². The lowest BCUT2D eigenvalue weighted by Gasteiger charge is -2.26. The Morgan fingerprint density at radius 3 is 2.45 bits per heavy atom. The van der Waals surface area contributed by atoms with Gasteiger partial charge in [-0.25, -0.2) is 4.79 Å². The van der Waals surface area contributed by atoms with Crippen LogP contribution in [-0.4, -0.2) is 44.8 Å². The van der Waals surface area contributed by atoms with Crippen molar-refractivity contribution in [3.63, 3.8) is 0 Å². The van der Waals surface area contributed by atoms with E-state index in [0.29, 0.717) is 0 Å². The predicted octanol–water partition coefficient (Wildman–Crippen LogP) is 1.95. The van der Waals surface area contributed by atoms with Gasteiger partial charge in [0.1, 0.15) is 11.8 Å². The van der Waals surface area contributed by atoms with Crippen molar-refractivity contribution in [2.45, 2.75) is 36.7 Å². The molecule has 0 radical (unpaired) electrons. The van der Waals surface area contributed by atoms with Crippen LogP contribution in [0.3, 0.4) is 0 Å². The summed E-state index contributed by atoms with van der Waals surface area (Å²) in [5.41, 5.74) is 0. The number of carbonyl (C=O) groups is 2. The second kappa shape index (κ2) is 6.17. The molecule has 5 nitrogen and oxygen atoms in total. The summed E-state index contributed by atoms with van der Waals surface area (Å²) in [5, 5.41) is 18.3. The number of carboxylic acids is 1. The van der Waals surface area contributed by atoms with Gasteiger partial charge in [0.2, 0.25) is 5.91 Å². The molecular weight excluding hydrogens is 278 g/mol. The summed E-state index contributed by atoms with van der Waals surface area (Å²) in [6, 6.07) is 5.88. The molecule has 1 aromatic rings. The number of nitrogens with zero attached hydrogens (tertiary/aromatic N) is 1. The normalized spacial score (nSPS) is 15.7. The summed E-state index contributed by atoms with van der Waals surface area (Å²) in [6.07, 6.45) is 1.76. The second-order valence-electron chi connectivity index (χ2n) is 4.83. The van der Waals surface area contributed by atoms with E-state index in [2.05, 4.69) is 0 Å². The Hall–Kier alpha value is -1.69. The summed E-state index contributed by atoms with van der Waals surface area (Å²) < 4.78 is 0. The molecule has 20 heavy (non-hydrogen) atoms. The quantitative estimate of drug-likeness (QED) is 0.784. The number of carbonyl (C=O) groups excluding carboxylic acids is 1. The number of phenolic OH excluding ortho intramolecular Hbond substituents is 1. The third kappa shape index (κ3) is 3.66. The highest BCUT2D eigenvalue weighted by Crippen LogP contribution is 2.30. The Morgan fingerprint density at radius 2 is 1.95 bits per heavy atom. The standard InChI is InChI=1S/C14H17NO4S/c1-9(14(18)19)15(10-2-3-10)13(17)8-20-12-6-4-11(16)5-7-12/h4-7,9-10,16H,2-3,8H2,1H3,(H,18,19). The Bertz CT molecular complexity index is 498. The van der Waals surface area contributed by atoms with Crippen LogP contribution in [0.2, 0.25) is 0 Å². The van der Waals surface area contributed by atoms with Crippen molar-refractivity contribution in [1.29, 1.82) is 0 Å². The second-order valence-corrected chi connectivity index (χ2v) is 5.88. The number of thioether (sulfide) groups is 1. The summed E-state index contributed by atoms with van der Waals surface area (Å²) >= 11 is 1.34. The van der Waals surface area contributed by atoms with E-state index >= 15 is 0 Å². The molecule has 1 aliphatic rings. The summed E-state index contributed by atoms with van der Waals surface area (Å²) in [7, 11) is 0. The molecule has 1 amide bonds. The van der Waals surface area contributed by atoms with Crippen LogP contribution in [0.15, 0.2) is 29.2 Å². The van der Waals surface area contributed by atoms with Crippen molar-refractivity contribution < 1.29 is 19.8 Å². The lowest BCUT2D eigenvalue weighted by Crippen LogP contribution is -2.45. The van der Waals surface area contributed by atoms with Gasteiger partial charge in [-0.05, 0) is 44.0 Å². The molecule has 0 heterocycles. The highest BCUT2D eigenvalue weighted by atomic mass is 32.2. The van der Waals surface area contributed by atoms with Gasteiger partial charge in [-0.2, -0.15) is 0 Å². The molecular formula is C14H17NO4S. The minimum absolute atomic E-state index is 0.0778. The van der Waals surface area contributed by atoms with Crippen molar-refractivity contribution >= 4 is 23.6 Å². The number of hydrogen-bond donors (Lipinski definition) is 2. The fraction of sp³-hybridized carbons (Fsp3) is 0.429. The Kier molecular flexibility index (Phi) is 4.54. The van der Waals surface area contributed by atoms with Crippen LogP contribution in [0.5, 0.6) is 5.75 Å². The molecule has 108 valence electrons. The van der Waals surface area contributed by atoms with Gasteiger partial charge in [-0.3, -0.25) is 4.79 Å². The van der Waals surface area contributed by atoms with E-state index in [9.17, 15) is 14.7 Å². The number of amides is 1. The lowest BCUT2D eigenvalue weighted by molar-refractivity contribution is -0.148. The van der Waals surface area contributed by atoms with E-state index in [1.807, 2.05) is 0 Å². The number of benzene rings is 1. The zero-order valence-electron chi connectivity index (χ0n) is 11.2. The number of aliphatic carboxylic acids is 1. The van der Waals surface area contributed by atoms with E-state index in [4.69, 9.17) is 5.11 Å². The molecule has 2 N–H and O–H groups in total. The number of rotatable bonds is 6. The average Bonchev–Trinajstić information content (AvgIpc) is 3.22. The van der Waals surface area contributed by atoms with Crippen LogP contribution in [0.25, 0.3) is 0 Å².